The average Bonchev–Trinajstić information content (AvgIpc) is 2.63. The van der Waals surface area contributed by atoms with E-state index in [9.17, 15) is 19.7 Å². The van der Waals surface area contributed by atoms with Gasteiger partial charge in [-0.3, -0.25) is 19.7 Å². The smallest absolute Gasteiger partial charge is 0.253 e. The second kappa shape index (κ2) is 16.6. The van der Waals surface area contributed by atoms with Crippen LogP contribution in [0.3, 0.4) is 0 Å². The molecule has 7 nitrogen and oxygen atoms in total. The third-order valence-electron chi connectivity index (χ3n) is 3.15. The van der Waals surface area contributed by atoms with E-state index in [4.69, 9.17) is 6.42 Å². The predicted molar refractivity (Wildman–Crippen MR) is 116 cm³/mol. The van der Waals surface area contributed by atoms with Crippen molar-refractivity contribution in [3.8, 4) is 12.3 Å². The van der Waals surface area contributed by atoms with Crippen molar-refractivity contribution in [3.05, 3.63) is 33.4 Å². The molecule has 1 rings (SSSR count). The molecule has 0 fully saturated rings. The van der Waals surface area contributed by atoms with Gasteiger partial charge >= 0.3 is 0 Å². The maximum absolute atomic E-state index is 10.7. The van der Waals surface area contributed by atoms with Gasteiger partial charge in [0.05, 0.1) is 0 Å². The fourth-order valence-electron chi connectivity index (χ4n) is 2.05. The van der Waals surface area contributed by atoms with E-state index in [1.807, 2.05) is 41.5 Å². The lowest BCUT2D eigenvalue weighted by molar-refractivity contribution is -0.456. The Morgan fingerprint density at radius 2 is 1.89 bits per heavy atom. The first kappa shape index (κ1) is 27.7. The number of hydrogen-bond acceptors (Lipinski definition) is 5. The van der Waals surface area contributed by atoms with Gasteiger partial charge < -0.3 is 10.6 Å². The van der Waals surface area contributed by atoms with Crippen LogP contribution in [0.4, 0.5) is 5.69 Å². The zero-order valence-corrected chi connectivity index (χ0v) is 18.3. The number of aryl methyl sites for hydroxylation is 2. The van der Waals surface area contributed by atoms with Crippen LogP contribution < -0.4 is 10.6 Å². The monoisotopic (exact) mass is 409 g/mol. The number of carbonyl (C=O) groups excluding carboxylic acids is 2. The van der Waals surface area contributed by atoms with Crippen molar-refractivity contribution in [3.63, 3.8) is 0 Å². The van der Waals surface area contributed by atoms with E-state index in [1.165, 1.54) is 11.8 Å². The number of nitro groups is 1. The van der Waals surface area contributed by atoms with Crippen molar-refractivity contribution in [1.82, 2.24) is 5.32 Å². The highest BCUT2D eigenvalue weighted by molar-refractivity contribution is 7.99. The number of rotatable bonds is 8. The number of amides is 2. The summed E-state index contributed by atoms with van der Waals surface area (Å²) >= 11 is 1.19. The quantitative estimate of drug-likeness (QED) is 0.168. The highest BCUT2D eigenvalue weighted by atomic mass is 32.2. The number of nitrogens with zero attached hydrogens (tertiary/aromatic N) is 1. The van der Waals surface area contributed by atoms with E-state index >= 15 is 0 Å². The molecule has 1 aromatic carbocycles. The molecule has 2 amide bonds. The Balaban J connectivity index is 0. The van der Waals surface area contributed by atoms with Crippen molar-refractivity contribution in [2.75, 3.05) is 11.2 Å². The first-order valence-electron chi connectivity index (χ1n) is 9.03. The lowest BCUT2D eigenvalue weighted by atomic mass is 10.1. The van der Waals surface area contributed by atoms with Crippen molar-refractivity contribution in [2.24, 2.45) is 0 Å². The molecule has 156 valence electrons. The van der Waals surface area contributed by atoms with Crippen LogP contribution in [0.1, 0.15) is 51.7 Å². The molecule has 0 saturated carbocycles. The summed E-state index contributed by atoms with van der Waals surface area (Å²) in [5.41, 5.74) is 2.56. The summed E-state index contributed by atoms with van der Waals surface area (Å²) < 4.78 is 0. The van der Waals surface area contributed by atoms with Crippen LogP contribution in [-0.2, 0) is 9.59 Å². The minimum Gasteiger partial charge on any atom is -0.353 e. The summed E-state index contributed by atoms with van der Waals surface area (Å²) in [4.78, 5) is 31.8. The molecular weight excluding hydrogens is 378 g/mol. The van der Waals surface area contributed by atoms with Crippen LogP contribution in [0.15, 0.2) is 17.0 Å². The van der Waals surface area contributed by atoms with Crippen molar-refractivity contribution < 1.29 is 14.5 Å². The maximum atomic E-state index is 10.7. The fourth-order valence-corrected chi connectivity index (χ4v) is 2.86. The molecule has 0 aromatic heterocycles. The molecule has 0 aliphatic heterocycles. The minimum absolute atomic E-state index is 0.0581. The summed E-state index contributed by atoms with van der Waals surface area (Å²) in [5, 5.41) is 15.6. The minimum atomic E-state index is -0.360. The number of nitrogens with one attached hydrogen (secondary N) is 2. The van der Waals surface area contributed by atoms with Gasteiger partial charge in [0, 0.05) is 34.4 Å². The molecule has 0 radical (unpaired) electrons. The Morgan fingerprint density at radius 1 is 1.36 bits per heavy atom. The van der Waals surface area contributed by atoms with Gasteiger partial charge in [-0.15, -0.1) is 12.3 Å². The molecule has 1 unspecified atom stereocenters. The van der Waals surface area contributed by atoms with E-state index in [1.54, 1.807) is 12.1 Å². The molecule has 0 heterocycles. The molecule has 0 aliphatic carbocycles. The van der Waals surface area contributed by atoms with Crippen LogP contribution in [0.25, 0.3) is 0 Å². The van der Waals surface area contributed by atoms with Gasteiger partial charge in [-0.25, -0.2) is 0 Å². The topological polar surface area (TPSA) is 101 Å². The van der Waals surface area contributed by atoms with Gasteiger partial charge in [0.15, 0.2) is 0 Å². The number of hydrogen-bond donors (Lipinski definition) is 2. The zero-order chi connectivity index (χ0) is 22.1. The summed E-state index contributed by atoms with van der Waals surface area (Å²) in [6.07, 6.45) is 6.78. The first-order chi connectivity index (χ1) is 13.2. The Hall–Kier alpha value is -2.53. The van der Waals surface area contributed by atoms with Gasteiger partial charge in [-0.1, -0.05) is 20.8 Å². The highest BCUT2D eigenvalue weighted by Crippen LogP contribution is 2.29. The Kier molecular flexibility index (Phi) is 16.4. The van der Waals surface area contributed by atoms with Gasteiger partial charge in [-0.2, -0.15) is 0 Å². The molecule has 28 heavy (non-hydrogen) atoms. The van der Waals surface area contributed by atoms with Gasteiger partial charge in [0.25, 0.3) is 5.88 Å². The summed E-state index contributed by atoms with van der Waals surface area (Å²) in [5.74, 6) is 2.39. The Labute approximate surface area is 172 Å². The number of benzene rings is 1. The molecular formula is C20H31N3O4S. The van der Waals surface area contributed by atoms with Gasteiger partial charge in [-0.05, 0) is 55.8 Å². The molecule has 8 heteroatoms. The number of carbonyl (C=O) groups is 2. The third-order valence-corrected chi connectivity index (χ3v) is 4.43. The molecule has 0 spiro atoms. The molecule has 0 bridgehead atoms. The zero-order valence-electron chi connectivity index (χ0n) is 17.5. The standard InChI is InChI=1S/C10H12N2O3S.C8H13NO.C2H6/c1-7-3-9(11-5-13)4-8(2)10(7)16-6-12(14)15;1-4-6-7(3)9-8(10)5-2;1-2/h3-5H,6H2,1-2H3,(H,11,13);1,7H,5-6H2,2-3H3,(H,9,10);1-2H3. The van der Waals surface area contributed by atoms with E-state index in [0.29, 0.717) is 24.9 Å². The van der Waals surface area contributed by atoms with E-state index < -0.39 is 0 Å². The lowest BCUT2D eigenvalue weighted by Gasteiger charge is -2.09. The van der Waals surface area contributed by atoms with Crippen molar-refractivity contribution >= 4 is 29.8 Å². The molecule has 1 atom stereocenters. The highest BCUT2D eigenvalue weighted by Gasteiger charge is 2.08. The average molecular weight is 410 g/mol. The Bertz CT molecular complexity index is 649. The van der Waals surface area contributed by atoms with Gasteiger partial charge in [0.1, 0.15) is 0 Å². The van der Waals surface area contributed by atoms with Crippen LogP contribution in [0, 0.1) is 36.3 Å². The second-order valence-corrected chi connectivity index (χ2v) is 6.49. The number of thioether (sulfide) groups is 1. The fraction of sp³-hybridized carbons (Fsp3) is 0.500. The predicted octanol–water partition coefficient (Wildman–Crippen LogP) is 4.15. The van der Waals surface area contributed by atoms with E-state index in [0.717, 1.165) is 16.0 Å². The summed E-state index contributed by atoms with van der Waals surface area (Å²) in [7, 11) is 0. The number of terminal acetylenes is 1. The van der Waals surface area contributed by atoms with Gasteiger partial charge in [0.2, 0.25) is 12.3 Å². The van der Waals surface area contributed by atoms with Crippen molar-refractivity contribution in [1.29, 1.82) is 0 Å². The molecule has 0 saturated heterocycles. The summed E-state index contributed by atoms with van der Waals surface area (Å²) in [6.45, 7) is 11.4. The summed E-state index contributed by atoms with van der Waals surface area (Å²) in [6, 6.07) is 3.70. The van der Waals surface area contributed by atoms with E-state index in [-0.39, 0.29) is 22.7 Å². The third kappa shape index (κ3) is 12.8. The number of anilines is 1. The largest absolute Gasteiger partial charge is 0.353 e. The van der Waals surface area contributed by atoms with Crippen LogP contribution in [0.5, 0.6) is 0 Å². The first-order valence-corrected chi connectivity index (χ1v) is 10.0. The Morgan fingerprint density at radius 3 is 2.29 bits per heavy atom. The normalized spacial score (nSPS) is 10.0. The van der Waals surface area contributed by atoms with Crippen LogP contribution in [0.2, 0.25) is 0 Å². The van der Waals surface area contributed by atoms with Crippen molar-refractivity contribution in [2.45, 2.75) is 65.3 Å². The maximum Gasteiger partial charge on any atom is 0.253 e. The van der Waals surface area contributed by atoms with E-state index in [2.05, 4.69) is 16.6 Å². The second-order valence-electron chi connectivity index (χ2n) is 5.54. The molecule has 1 aromatic rings. The van der Waals surface area contributed by atoms with Crippen LogP contribution >= 0.6 is 11.8 Å². The lowest BCUT2D eigenvalue weighted by Crippen LogP contribution is -2.31. The van der Waals surface area contributed by atoms with Crippen LogP contribution in [-0.4, -0.2) is 29.2 Å². The molecule has 2 N–H and O–H groups in total. The SMILES string of the molecule is C#CCC(C)NC(=O)CC.CC.Cc1cc(NC=O)cc(C)c1SC[N+](=O)[O-]. The molecule has 0 aliphatic rings.